The Balaban J connectivity index is 1.76. The van der Waals surface area contributed by atoms with Crippen LogP contribution in [0.4, 0.5) is 0 Å². The Kier molecular flexibility index (Phi) is 5.98. The third-order valence-corrected chi connectivity index (χ3v) is 3.71. The molecule has 1 amide bonds. The van der Waals surface area contributed by atoms with E-state index in [1.807, 2.05) is 10.8 Å². The maximum Gasteiger partial charge on any atom is 0.220 e. The average Bonchev–Trinajstić information content (AvgIpc) is 3.00. The molecular weight excluding hydrogens is 302 g/mol. The lowest BCUT2D eigenvalue weighted by Gasteiger charge is -2.20. The molecule has 0 saturated heterocycles. The van der Waals surface area contributed by atoms with Crippen LogP contribution in [0.5, 0.6) is 0 Å². The zero-order valence-corrected chi connectivity index (χ0v) is 13.2. The zero-order chi connectivity index (χ0) is 15.9. The summed E-state index contributed by atoms with van der Waals surface area (Å²) in [5.41, 5.74) is 0.732. The van der Waals surface area contributed by atoms with Gasteiger partial charge in [0.1, 0.15) is 0 Å². The van der Waals surface area contributed by atoms with Gasteiger partial charge in [0.2, 0.25) is 5.91 Å². The predicted molar refractivity (Wildman–Crippen MR) is 85.5 cm³/mol. The molecule has 1 heterocycles. The van der Waals surface area contributed by atoms with Crippen LogP contribution in [0, 0.1) is 0 Å². The van der Waals surface area contributed by atoms with E-state index in [-0.39, 0.29) is 11.9 Å². The summed E-state index contributed by atoms with van der Waals surface area (Å²) in [6, 6.07) is 6.60. The highest BCUT2D eigenvalue weighted by atomic mass is 35.5. The number of aliphatic hydroxyl groups excluding tert-OH is 1. The van der Waals surface area contributed by atoms with E-state index < -0.39 is 6.10 Å². The summed E-state index contributed by atoms with van der Waals surface area (Å²) in [5, 5.41) is 13.7. The van der Waals surface area contributed by atoms with Gasteiger partial charge in [0, 0.05) is 30.4 Å². The number of nitrogens with one attached hydrogen (secondary N) is 1. The number of nitrogens with zero attached hydrogens (tertiary/aromatic N) is 2. The maximum atomic E-state index is 11.9. The van der Waals surface area contributed by atoms with Crippen molar-refractivity contribution in [3.8, 4) is 0 Å². The number of hydrogen-bond donors (Lipinski definition) is 2. The third-order valence-electron chi connectivity index (χ3n) is 3.45. The van der Waals surface area contributed by atoms with Gasteiger partial charge in [-0.25, -0.2) is 4.98 Å². The summed E-state index contributed by atoms with van der Waals surface area (Å²) in [4.78, 5) is 15.9. The lowest BCUT2D eigenvalue weighted by Crippen LogP contribution is -2.37. The number of aryl methyl sites for hydroxylation is 1. The minimum atomic E-state index is -0.755. The Bertz CT molecular complexity index is 584. The molecular formula is C16H20ClN3O2. The molecule has 0 fully saturated rings. The molecule has 2 aromatic rings. The van der Waals surface area contributed by atoms with Gasteiger partial charge in [-0.15, -0.1) is 0 Å². The van der Waals surface area contributed by atoms with Crippen molar-refractivity contribution in [1.29, 1.82) is 0 Å². The molecule has 1 aromatic carbocycles. The van der Waals surface area contributed by atoms with Gasteiger partial charge in [-0.3, -0.25) is 4.79 Å². The standard InChI is InChI=1S/C16H20ClN3O2/c1-12(16(22)13-4-6-14(17)7-5-13)19-15(21)3-2-9-20-10-8-18-11-20/h4-8,10-12,16,22H,2-3,9H2,1H3,(H,19,21). The van der Waals surface area contributed by atoms with Crippen LogP contribution in [0.15, 0.2) is 43.0 Å². The summed E-state index contributed by atoms with van der Waals surface area (Å²) in [5.74, 6) is -0.0689. The van der Waals surface area contributed by atoms with Crippen molar-refractivity contribution in [3.05, 3.63) is 53.6 Å². The van der Waals surface area contributed by atoms with E-state index >= 15 is 0 Å². The number of benzene rings is 1. The van der Waals surface area contributed by atoms with Gasteiger partial charge in [0.25, 0.3) is 0 Å². The SMILES string of the molecule is CC(NC(=O)CCCn1ccnc1)C(O)c1ccc(Cl)cc1. The van der Waals surface area contributed by atoms with E-state index in [1.54, 1.807) is 43.7 Å². The normalized spacial score (nSPS) is 13.6. The van der Waals surface area contributed by atoms with Crippen LogP contribution in [0.2, 0.25) is 5.02 Å². The summed E-state index contributed by atoms with van der Waals surface area (Å²) < 4.78 is 1.93. The molecule has 0 aliphatic carbocycles. The number of halogens is 1. The maximum absolute atomic E-state index is 11.9. The van der Waals surface area contributed by atoms with Crippen molar-refractivity contribution in [2.75, 3.05) is 0 Å². The first kappa shape index (κ1) is 16.5. The first-order valence-corrected chi connectivity index (χ1v) is 7.62. The van der Waals surface area contributed by atoms with Gasteiger partial charge >= 0.3 is 0 Å². The molecule has 5 nitrogen and oxygen atoms in total. The summed E-state index contributed by atoms with van der Waals surface area (Å²) in [6.45, 7) is 2.54. The molecule has 0 radical (unpaired) electrons. The summed E-state index contributed by atoms with van der Waals surface area (Å²) >= 11 is 5.82. The number of imidazole rings is 1. The van der Waals surface area contributed by atoms with Gasteiger partial charge in [-0.05, 0) is 31.0 Å². The number of carbonyl (C=O) groups excluding carboxylic acids is 1. The molecule has 0 aliphatic rings. The molecule has 6 heteroatoms. The molecule has 2 rings (SSSR count). The molecule has 1 aromatic heterocycles. The largest absolute Gasteiger partial charge is 0.386 e. The van der Waals surface area contributed by atoms with Crippen LogP contribution in [-0.4, -0.2) is 26.6 Å². The number of aromatic nitrogens is 2. The lowest BCUT2D eigenvalue weighted by atomic mass is 10.0. The Morgan fingerprint density at radius 2 is 2.14 bits per heavy atom. The molecule has 0 spiro atoms. The average molecular weight is 322 g/mol. The van der Waals surface area contributed by atoms with Gasteiger partial charge in [0.05, 0.1) is 18.5 Å². The Labute approximate surface area is 134 Å². The molecule has 118 valence electrons. The predicted octanol–water partition coefficient (Wildman–Crippen LogP) is 2.56. The molecule has 2 atom stereocenters. The smallest absolute Gasteiger partial charge is 0.220 e. The first-order chi connectivity index (χ1) is 10.6. The quantitative estimate of drug-likeness (QED) is 0.823. The molecule has 22 heavy (non-hydrogen) atoms. The second kappa shape index (κ2) is 7.96. The van der Waals surface area contributed by atoms with Crippen LogP contribution in [0.3, 0.4) is 0 Å². The minimum Gasteiger partial charge on any atom is -0.386 e. The topological polar surface area (TPSA) is 67.2 Å². The van der Waals surface area contributed by atoms with E-state index in [1.165, 1.54) is 0 Å². The highest BCUT2D eigenvalue weighted by Gasteiger charge is 2.18. The molecule has 0 bridgehead atoms. The van der Waals surface area contributed by atoms with Crippen molar-refractivity contribution in [3.63, 3.8) is 0 Å². The van der Waals surface area contributed by atoms with Crippen LogP contribution < -0.4 is 5.32 Å². The summed E-state index contributed by atoms with van der Waals surface area (Å²) in [7, 11) is 0. The number of carbonyl (C=O) groups is 1. The number of amides is 1. The Morgan fingerprint density at radius 1 is 1.41 bits per heavy atom. The highest BCUT2D eigenvalue weighted by molar-refractivity contribution is 6.30. The highest BCUT2D eigenvalue weighted by Crippen LogP contribution is 2.19. The fraction of sp³-hybridized carbons (Fsp3) is 0.375. The lowest BCUT2D eigenvalue weighted by molar-refractivity contribution is -0.122. The third kappa shape index (κ3) is 4.86. The molecule has 0 saturated carbocycles. The van der Waals surface area contributed by atoms with Crippen molar-refractivity contribution in [1.82, 2.24) is 14.9 Å². The van der Waals surface area contributed by atoms with Crippen molar-refractivity contribution in [2.24, 2.45) is 0 Å². The fourth-order valence-electron chi connectivity index (χ4n) is 2.19. The number of hydrogen-bond acceptors (Lipinski definition) is 3. The van der Waals surface area contributed by atoms with Crippen LogP contribution >= 0.6 is 11.6 Å². The second-order valence-electron chi connectivity index (χ2n) is 5.26. The van der Waals surface area contributed by atoms with Crippen molar-refractivity contribution >= 4 is 17.5 Å². The van der Waals surface area contributed by atoms with E-state index in [9.17, 15) is 9.90 Å². The Morgan fingerprint density at radius 3 is 2.77 bits per heavy atom. The fourth-order valence-corrected chi connectivity index (χ4v) is 2.32. The molecule has 2 N–H and O–H groups in total. The van der Waals surface area contributed by atoms with E-state index in [2.05, 4.69) is 10.3 Å². The van der Waals surface area contributed by atoms with Crippen LogP contribution in [0.1, 0.15) is 31.4 Å². The van der Waals surface area contributed by atoms with E-state index in [0.29, 0.717) is 11.4 Å². The zero-order valence-electron chi connectivity index (χ0n) is 12.4. The molecule has 2 unspecified atom stereocenters. The number of aliphatic hydroxyl groups is 1. The van der Waals surface area contributed by atoms with Crippen molar-refractivity contribution in [2.45, 2.75) is 38.5 Å². The van der Waals surface area contributed by atoms with Crippen molar-refractivity contribution < 1.29 is 9.90 Å². The Hall–Kier alpha value is -1.85. The monoisotopic (exact) mass is 321 g/mol. The second-order valence-corrected chi connectivity index (χ2v) is 5.69. The molecule has 0 aliphatic heterocycles. The summed E-state index contributed by atoms with van der Waals surface area (Å²) in [6.07, 6.45) is 5.69. The minimum absolute atomic E-state index is 0.0689. The first-order valence-electron chi connectivity index (χ1n) is 7.25. The van der Waals surface area contributed by atoms with Gasteiger partial charge in [-0.2, -0.15) is 0 Å². The van der Waals surface area contributed by atoms with E-state index in [4.69, 9.17) is 11.6 Å². The van der Waals surface area contributed by atoms with Gasteiger partial charge in [0.15, 0.2) is 0 Å². The van der Waals surface area contributed by atoms with Crippen LogP contribution in [-0.2, 0) is 11.3 Å². The van der Waals surface area contributed by atoms with E-state index in [0.717, 1.165) is 18.5 Å². The van der Waals surface area contributed by atoms with Crippen LogP contribution in [0.25, 0.3) is 0 Å². The number of rotatable bonds is 7. The van der Waals surface area contributed by atoms with Gasteiger partial charge in [-0.1, -0.05) is 23.7 Å². The van der Waals surface area contributed by atoms with Gasteiger partial charge < -0.3 is 15.0 Å².